The Bertz CT molecular complexity index is 733. The molecule has 0 aliphatic carbocycles. The van der Waals surface area contributed by atoms with Gasteiger partial charge in [-0.2, -0.15) is 4.57 Å². The van der Waals surface area contributed by atoms with Crippen LogP contribution < -0.4 is 4.57 Å². The third-order valence-electron chi connectivity index (χ3n) is 4.74. The van der Waals surface area contributed by atoms with E-state index in [1.807, 2.05) is 13.0 Å². The Kier molecular flexibility index (Phi) is 7.19. The Morgan fingerprint density at radius 3 is 2.44 bits per heavy atom. The van der Waals surface area contributed by atoms with Crippen molar-refractivity contribution in [1.82, 2.24) is 0 Å². The number of carbonyl (C=O) groups excluding carboxylic acids is 3. The van der Waals surface area contributed by atoms with Crippen molar-refractivity contribution in [2.45, 2.75) is 58.6 Å². The van der Waals surface area contributed by atoms with Crippen LogP contribution in [0.15, 0.2) is 27.4 Å². The molecule has 0 aromatic carbocycles. The lowest BCUT2D eigenvalue weighted by molar-refractivity contribution is -0.685. The Balaban J connectivity index is 2.27. The van der Waals surface area contributed by atoms with Crippen LogP contribution in [-0.4, -0.2) is 29.9 Å². The first-order valence-electron chi connectivity index (χ1n) is 8.96. The smallest absolute Gasteiger partial charge is 0.324 e. The van der Waals surface area contributed by atoms with Gasteiger partial charge in [0.2, 0.25) is 12.3 Å². The first-order valence-corrected chi connectivity index (χ1v) is 10.5. The molecule has 1 aliphatic heterocycles. The summed E-state index contributed by atoms with van der Waals surface area (Å²) >= 11 is 6.77. The summed E-state index contributed by atoms with van der Waals surface area (Å²) in [6.45, 7) is 5.44. The van der Waals surface area contributed by atoms with Crippen molar-refractivity contribution in [3.8, 4) is 0 Å². The molecule has 1 aromatic heterocycles. The summed E-state index contributed by atoms with van der Waals surface area (Å²) in [7, 11) is 0. The van der Waals surface area contributed by atoms with Gasteiger partial charge in [0.15, 0.2) is 23.4 Å². The Morgan fingerprint density at radius 1 is 1.26 bits per heavy atom. The Morgan fingerprint density at radius 2 is 1.89 bits per heavy atom. The standard InChI is InChI=1S/C19H24Br2NO5/c1-4-6-7-19(16(24)26-5-2)12-18(3,27-17(19)25)15(23)11-22-9-13(20)8-14(21)10-22/h8-10H,4-7,11-12H2,1-3H3/q+1/t18-,19-/m0/s1. The van der Waals surface area contributed by atoms with E-state index < -0.39 is 23.0 Å². The van der Waals surface area contributed by atoms with Crippen molar-refractivity contribution < 1.29 is 28.4 Å². The van der Waals surface area contributed by atoms with E-state index in [-0.39, 0.29) is 25.4 Å². The van der Waals surface area contributed by atoms with Crippen molar-refractivity contribution in [2.75, 3.05) is 6.61 Å². The molecule has 8 heteroatoms. The van der Waals surface area contributed by atoms with Crippen molar-refractivity contribution in [3.05, 3.63) is 27.4 Å². The summed E-state index contributed by atoms with van der Waals surface area (Å²) in [4.78, 5) is 38.3. The van der Waals surface area contributed by atoms with Crippen LogP contribution >= 0.6 is 31.9 Å². The number of rotatable bonds is 8. The fraction of sp³-hybridized carbons (Fsp3) is 0.579. The minimum atomic E-state index is -1.40. The normalized spacial score (nSPS) is 24.6. The molecule has 0 bridgehead atoms. The number of Topliss-reactive ketones (excluding diaryl/α,β-unsaturated/α-hetero) is 1. The summed E-state index contributed by atoms with van der Waals surface area (Å²) in [5.41, 5.74) is -2.77. The van der Waals surface area contributed by atoms with Gasteiger partial charge in [0, 0.05) is 6.42 Å². The van der Waals surface area contributed by atoms with Gasteiger partial charge in [-0.3, -0.25) is 14.4 Å². The van der Waals surface area contributed by atoms with Gasteiger partial charge in [-0.15, -0.1) is 0 Å². The van der Waals surface area contributed by atoms with Gasteiger partial charge in [-0.25, -0.2) is 0 Å². The number of halogens is 2. The third-order valence-corrected chi connectivity index (χ3v) is 5.61. The highest BCUT2D eigenvalue weighted by molar-refractivity contribution is 9.11. The van der Waals surface area contributed by atoms with E-state index in [4.69, 9.17) is 9.47 Å². The predicted molar refractivity (Wildman–Crippen MR) is 105 cm³/mol. The van der Waals surface area contributed by atoms with Crippen LogP contribution in [0.1, 0.15) is 46.5 Å². The molecule has 2 atom stereocenters. The van der Waals surface area contributed by atoms with E-state index in [1.165, 1.54) is 0 Å². The van der Waals surface area contributed by atoms with Gasteiger partial charge in [-0.05, 0) is 58.2 Å². The van der Waals surface area contributed by atoms with Gasteiger partial charge < -0.3 is 9.47 Å². The van der Waals surface area contributed by atoms with Gasteiger partial charge >= 0.3 is 11.9 Å². The first-order chi connectivity index (χ1) is 12.7. The molecule has 148 valence electrons. The second-order valence-electron chi connectivity index (χ2n) is 6.97. The maximum atomic E-state index is 13.0. The topological polar surface area (TPSA) is 73.6 Å². The van der Waals surface area contributed by atoms with E-state index in [0.29, 0.717) is 12.8 Å². The second kappa shape index (κ2) is 8.82. The number of aromatic nitrogens is 1. The van der Waals surface area contributed by atoms with Gasteiger partial charge in [0.25, 0.3) is 0 Å². The summed E-state index contributed by atoms with van der Waals surface area (Å²) in [6, 6.07) is 1.86. The van der Waals surface area contributed by atoms with Crippen LogP contribution in [0, 0.1) is 5.41 Å². The molecule has 2 rings (SSSR count). The maximum absolute atomic E-state index is 13.0. The van der Waals surface area contributed by atoms with E-state index in [2.05, 4.69) is 31.9 Å². The highest BCUT2D eigenvalue weighted by atomic mass is 79.9. The van der Waals surface area contributed by atoms with Gasteiger partial charge in [0.1, 0.15) is 0 Å². The van der Waals surface area contributed by atoms with Crippen molar-refractivity contribution in [3.63, 3.8) is 0 Å². The van der Waals surface area contributed by atoms with Gasteiger partial charge in [-0.1, -0.05) is 19.8 Å². The molecule has 27 heavy (non-hydrogen) atoms. The number of ether oxygens (including phenoxy) is 2. The number of hydrogen-bond donors (Lipinski definition) is 0. The number of hydrogen-bond acceptors (Lipinski definition) is 5. The molecule has 1 saturated heterocycles. The fourth-order valence-electron chi connectivity index (χ4n) is 3.32. The largest absolute Gasteiger partial charge is 0.465 e. The second-order valence-corrected chi connectivity index (χ2v) is 8.80. The Labute approximate surface area is 175 Å². The monoisotopic (exact) mass is 504 g/mol. The summed E-state index contributed by atoms with van der Waals surface area (Å²) in [5, 5.41) is 0. The molecule has 0 spiro atoms. The molecular weight excluding hydrogens is 482 g/mol. The summed E-state index contributed by atoms with van der Waals surface area (Å²) < 4.78 is 14.0. The molecule has 6 nitrogen and oxygen atoms in total. The first kappa shape index (κ1) is 22.0. The van der Waals surface area contributed by atoms with E-state index in [1.54, 1.807) is 30.8 Å². The van der Waals surface area contributed by atoms with E-state index >= 15 is 0 Å². The molecule has 0 N–H and O–H groups in total. The van der Waals surface area contributed by atoms with Crippen molar-refractivity contribution in [2.24, 2.45) is 5.41 Å². The molecular formula is C19H24Br2NO5+. The zero-order valence-corrected chi connectivity index (χ0v) is 18.9. The minimum absolute atomic E-state index is 0.00618. The highest BCUT2D eigenvalue weighted by Gasteiger charge is 2.62. The zero-order chi connectivity index (χ0) is 20.2. The van der Waals surface area contributed by atoms with Gasteiger partial charge in [0.05, 0.1) is 15.6 Å². The lowest BCUT2D eigenvalue weighted by atomic mass is 9.76. The lowest BCUT2D eigenvalue weighted by Crippen LogP contribution is -2.47. The lowest BCUT2D eigenvalue weighted by Gasteiger charge is -2.23. The number of unbranched alkanes of at least 4 members (excludes halogenated alkanes) is 1. The average molecular weight is 506 g/mol. The highest BCUT2D eigenvalue weighted by Crippen LogP contribution is 2.45. The number of cyclic esters (lactones) is 1. The maximum Gasteiger partial charge on any atom is 0.324 e. The zero-order valence-electron chi connectivity index (χ0n) is 15.7. The predicted octanol–water partition coefficient (Wildman–Crippen LogP) is 3.51. The molecule has 2 heterocycles. The molecule has 0 amide bonds. The van der Waals surface area contributed by atoms with Crippen LogP contribution in [0.5, 0.6) is 0 Å². The third kappa shape index (κ3) is 4.77. The number of carbonyl (C=O) groups is 3. The van der Waals surface area contributed by atoms with Crippen LogP contribution in [0.25, 0.3) is 0 Å². The SMILES string of the molecule is CCCC[C@@]1(C(=O)OCC)C[C@@](C)(C(=O)C[n+]2cc(Br)cc(Br)c2)OC1=O. The average Bonchev–Trinajstić information content (AvgIpc) is 2.85. The van der Waals surface area contributed by atoms with Crippen molar-refractivity contribution >= 4 is 49.6 Å². The number of ketones is 1. The summed E-state index contributed by atoms with van der Waals surface area (Å²) in [6.07, 6.45) is 5.34. The molecule has 1 aromatic rings. The van der Waals surface area contributed by atoms with E-state index in [0.717, 1.165) is 15.4 Å². The minimum Gasteiger partial charge on any atom is -0.465 e. The van der Waals surface area contributed by atoms with Crippen LogP contribution in [0.2, 0.25) is 0 Å². The Hall–Kier alpha value is -1.28. The van der Waals surface area contributed by atoms with Crippen LogP contribution in [-0.2, 0) is 30.4 Å². The van der Waals surface area contributed by atoms with Crippen LogP contribution in [0.3, 0.4) is 0 Å². The molecule has 1 fully saturated rings. The number of nitrogens with zero attached hydrogens (tertiary/aromatic N) is 1. The number of esters is 2. The number of pyridine rings is 1. The van der Waals surface area contributed by atoms with Crippen molar-refractivity contribution in [1.29, 1.82) is 0 Å². The molecule has 0 radical (unpaired) electrons. The summed E-state index contributed by atoms with van der Waals surface area (Å²) in [5.74, 6) is -1.53. The quantitative estimate of drug-likeness (QED) is 0.307. The fourth-order valence-corrected chi connectivity index (χ4v) is 4.65. The molecule has 1 aliphatic rings. The van der Waals surface area contributed by atoms with E-state index in [9.17, 15) is 14.4 Å². The molecule has 0 unspecified atom stereocenters. The molecule has 0 saturated carbocycles. The van der Waals surface area contributed by atoms with Crippen LogP contribution in [0.4, 0.5) is 0 Å².